The largest absolute Gasteiger partial charge is 0.338 e. The summed E-state index contributed by atoms with van der Waals surface area (Å²) in [7, 11) is 0. The Kier molecular flexibility index (Phi) is 6.49. The zero-order chi connectivity index (χ0) is 24.7. The average Bonchev–Trinajstić information content (AvgIpc) is 2.99. The molecule has 2 atom stereocenters. The van der Waals surface area contributed by atoms with Gasteiger partial charge in [0.05, 0.1) is 21.5 Å². The molecule has 0 aliphatic carbocycles. The summed E-state index contributed by atoms with van der Waals surface area (Å²) in [4.78, 5) is 47.8. The molecule has 2 amide bonds. The molecule has 1 N–H and O–H groups in total. The van der Waals surface area contributed by atoms with Gasteiger partial charge in [-0.15, -0.1) is 11.3 Å². The number of nitrogens with one attached hydrogen (secondary N) is 1. The van der Waals surface area contributed by atoms with Crippen LogP contribution in [0.4, 0.5) is 5.69 Å². The number of aryl methyl sites for hydroxylation is 2. The van der Waals surface area contributed by atoms with Gasteiger partial charge in [-0.25, -0.2) is 4.98 Å². The molecule has 7 nitrogen and oxygen atoms in total. The van der Waals surface area contributed by atoms with Crippen molar-refractivity contribution in [2.75, 3.05) is 18.4 Å². The van der Waals surface area contributed by atoms with E-state index in [1.165, 1.54) is 11.3 Å². The molecule has 0 bridgehead atoms. The molecule has 0 saturated carbocycles. The monoisotopic (exact) mass is 492 g/mol. The minimum absolute atomic E-state index is 0.0522. The molecule has 2 aliphatic heterocycles. The highest BCUT2D eigenvalue weighted by Gasteiger charge is 2.28. The van der Waals surface area contributed by atoms with Crippen molar-refractivity contribution < 1.29 is 9.59 Å². The maximum absolute atomic E-state index is 13.4. The first-order chi connectivity index (χ1) is 16.8. The lowest BCUT2D eigenvalue weighted by atomic mass is 9.91. The van der Waals surface area contributed by atoms with E-state index in [9.17, 15) is 14.4 Å². The van der Waals surface area contributed by atoms with E-state index in [1.807, 2.05) is 24.0 Å². The SMILES string of the molecule is Cc1c(C(=O)Nc2ccccc2C(=O)N2CC(C)CC(C)C2)sc2nc3n(c(=O)c12)CCCCC3. The van der Waals surface area contributed by atoms with Crippen LogP contribution in [0.15, 0.2) is 29.1 Å². The number of hydrogen-bond donors (Lipinski definition) is 1. The number of rotatable bonds is 3. The second-order valence-corrected chi connectivity index (χ2v) is 11.2. The van der Waals surface area contributed by atoms with Gasteiger partial charge in [0.2, 0.25) is 0 Å². The molecule has 0 radical (unpaired) electrons. The second-order valence-electron chi connectivity index (χ2n) is 10.2. The van der Waals surface area contributed by atoms with Crippen molar-refractivity contribution in [2.24, 2.45) is 11.8 Å². The van der Waals surface area contributed by atoms with Crippen LogP contribution in [-0.2, 0) is 13.0 Å². The van der Waals surface area contributed by atoms with E-state index in [0.29, 0.717) is 50.3 Å². The summed E-state index contributed by atoms with van der Waals surface area (Å²) in [5.41, 5.74) is 1.59. The Morgan fingerprint density at radius 1 is 1.09 bits per heavy atom. The van der Waals surface area contributed by atoms with Crippen LogP contribution in [0.1, 0.15) is 70.9 Å². The molecule has 2 aromatic heterocycles. The van der Waals surface area contributed by atoms with Gasteiger partial charge in [0.25, 0.3) is 17.4 Å². The molecule has 1 saturated heterocycles. The van der Waals surface area contributed by atoms with Gasteiger partial charge >= 0.3 is 0 Å². The molecule has 2 unspecified atom stereocenters. The highest BCUT2D eigenvalue weighted by atomic mass is 32.1. The summed E-state index contributed by atoms with van der Waals surface area (Å²) < 4.78 is 1.78. The fourth-order valence-electron chi connectivity index (χ4n) is 5.58. The van der Waals surface area contributed by atoms with Crippen LogP contribution in [0.2, 0.25) is 0 Å². The number of nitrogens with zero attached hydrogens (tertiary/aromatic N) is 3. The normalized spacial score (nSPS) is 20.4. The standard InChI is InChI=1S/C27H32N4O3S/c1-16-13-17(2)15-30(14-16)26(33)19-9-6-7-10-20(19)28-24(32)23-18(3)22-25(35-23)29-21-11-5-4-8-12-31(21)27(22)34/h6-7,9-10,16-17H,4-5,8,11-15H2,1-3H3,(H,28,32). The van der Waals surface area contributed by atoms with Crippen molar-refractivity contribution in [3.63, 3.8) is 0 Å². The predicted molar refractivity (Wildman–Crippen MR) is 139 cm³/mol. The maximum atomic E-state index is 13.4. The lowest BCUT2D eigenvalue weighted by molar-refractivity contribution is 0.0624. The molecule has 5 rings (SSSR count). The van der Waals surface area contributed by atoms with Crippen LogP contribution in [0.3, 0.4) is 0 Å². The summed E-state index contributed by atoms with van der Waals surface area (Å²) in [6, 6.07) is 7.17. The van der Waals surface area contributed by atoms with E-state index >= 15 is 0 Å². The number of aromatic nitrogens is 2. The first kappa shape index (κ1) is 23.7. The summed E-state index contributed by atoms with van der Waals surface area (Å²) in [6.07, 6.45) is 4.99. The van der Waals surface area contributed by atoms with Crippen molar-refractivity contribution in [1.29, 1.82) is 0 Å². The van der Waals surface area contributed by atoms with Crippen molar-refractivity contribution >= 4 is 39.1 Å². The number of likely N-dealkylation sites (tertiary alicyclic amines) is 1. The summed E-state index contributed by atoms with van der Waals surface area (Å²) in [5.74, 6) is 1.34. The molecule has 8 heteroatoms. The molecule has 1 fully saturated rings. The third kappa shape index (κ3) is 4.51. The number of amides is 2. The number of carbonyl (C=O) groups is 2. The number of anilines is 1. The molecule has 35 heavy (non-hydrogen) atoms. The molecule has 1 aromatic carbocycles. The Morgan fingerprint density at radius 2 is 1.83 bits per heavy atom. The third-order valence-electron chi connectivity index (χ3n) is 7.18. The second kappa shape index (κ2) is 9.57. The van der Waals surface area contributed by atoms with Gasteiger partial charge in [0.15, 0.2) is 0 Å². The van der Waals surface area contributed by atoms with E-state index in [4.69, 9.17) is 4.98 Å². The van der Waals surface area contributed by atoms with Crippen LogP contribution in [0.5, 0.6) is 0 Å². The molecular formula is C27H32N4O3S. The smallest absolute Gasteiger partial charge is 0.266 e. The van der Waals surface area contributed by atoms with Crippen LogP contribution < -0.4 is 10.9 Å². The molecular weight excluding hydrogens is 460 g/mol. The van der Waals surface area contributed by atoms with Gasteiger partial charge in [-0.3, -0.25) is 19.0 Å². The van der Waals surface area contributed by atoms with Crippen LogP contribution in [0.25, 0.3) is 10.2 Å². The van der Waals surface area contributed by atoms with Crippen LogP contribution >= 0.6 is 11.3 Å². The highest BCUT2D eigenvalue weighted by Crippen LogP contribution is 2.30. The van der Waals surface area contributed by atoms with Crippen molar-refractivity contribution in [1.82, 2.24) is 14.5 Å². The Bertz CT molecular complexity index is 1350. The average molecular weight is 493 g/mol. The molecule has 3 aromatic rings. The van der Waals surface area contributed by atoms with Gasteiger partial charge in [-0.2, -0.15) is 0 Å². The van der Waals surface area contributed by atoms with Crippen molar-refractivity contribution in [2.45, 2.75) is 59.4 Å². The first-order valence-corrected chi connectivity index (χ1v) is 13.4. The zero-order valence-corrected chi connectivity index (χ0v) is 21.4. The van der Waals surface area contributed by atoms with Gasteiger partial charge < -0.3 is 10.2 Å². The van der Waals surface area contributed by atoms with Crippen molar-refractivity contribution in [3.8, 4) is 0 Å². The van der Waals surface area contributed by atoms with E-state index in [1.54, 1.807) is 16.7 Å². The fraction of sp³-hybridized carbons (Fsp3) is 0.481. The predicted octanol–water partition coefficient (Wildman–Crippen LogP) is 4.86. The molecule has 4 heterocycles. The summed E-state index contributed by atoms with van der Waals surface area (Å²) in [6.45, 7) is 8.28. The lowest BCUT2D eigenvalue weighted by Crippen LogP contribution is -2.42. The first-order valence-electron chi connectivity index (χ1n) is 12.6. The number of piperidine rings is 1. The van der Waals surface area contributed by atoms with Crippen molar-refractivity contribution in [3.05, 3.63) is 56.4 Å². The maximum Gasteiger partial charge on any atom is 0.266 e. The van der Waals surface area contributed by atoms with Crippen LogP contribution in [-0.4, -0.2) is 39.4 Å². The van der Waals surface area contributed by atoms with Gasteiger partial charge in [-0.05, 0) is 55.7 Å². The Hall–Kier alpha value is -3.00. The Labute approximate surface area is 209 Å². The Balaban J connectivity index is 1.45. The number of fused-ring (bicyclic) bond motifs is 2. The van der Waals surface area contributed by atoms with Gasteiger partial charge in [0, 0.05) is 26.1 Å². The summed E-state index contributed by atoms with van der Waals surface area (Å²) >= 11 is 1.26. The quantitative estimate of drug-likeness (QED) is 0.566. The minimum atomic E-state index is -0.314. The van der Waals surface area contributed by atoms with E-state index in [-0.39, 0.29) is 17.4 Å². The van der Waals surface area contributed by atoms with E-state index < -0.39 is 0 Å². The van der Waals surface area contributed by atoms with Gasteiger partial charge in [-0.1, -0.05) is 32.4 Å². The lowest BCUT2D eigenvalue weighted by Gasteiger charge is -2.35. The fourth-order valence-corrected chi connectivity index (χ4v) is 6.67. The van der Waals surface area contributed by atoms with E-state index in [0.717, 1.165) is 51.0 Å². The zero-order valence-electron chi connectivity index (χ0n) is 20.6. The number of thiophene rings is 1. The number of benzene rings is 1. The molecule has 0 spiro atoms. The highest BCUT2D eigenvalue weighted by molar-refractivity contribution is 7.20. The van der Waals surface area contributed by atoms with E-state index in [2.05, 4.69) is 19.2 Å². The molecule has 184 valence electrons. The number of carbonyl (C=O) groups excluding carboxylic acids is 2. The third-order valence-corrected chi connectivity index (χ3v) is 8.36. The minimum Gasteiger partial charge on any atom is -0.338 e. The number of hydrogen-bond acceptors (Lipinski definition) is 5. The topological polar surface area (TPSA) is 84.3 Å². The van der Waals surface area contributed by atoms with Gasteiger partial charge in [0.1, 0.15) is 10.7 Å². The van der Waals surface area contributed by atoms with Crippen LogP contribution in [0, 0.1) is 18.8 Å². The number of para-hydroxylation sites is 1. The summed E-state index contributed by atoms with van der Waals surface area (Å²) in [5, 5.41) is 3.49. The molecule has 2 aliphatic rings. The Morgan fingerprint density at radius 3 is 2.60 bits per heavy atom.